The van der Waals surface area contributed by atoms with Crippen LogP contribution in [0.1, 0.15) is 20.2 Å². The molecule has 0 bridgehead atoms. The lowest BCUT2D eigenvalue weighted by Gasteiger charge is -2.00. The molecule has 7 heteroatoms. The molecule has 3 rings (SSSR count). The van der Waals surface area contributed by atoms with Gasteiger partial charge in [-0.1, -0.05) is 22.0 Å². The Bertz CT molecular complexity index is 834. The van der Waals surface area contributed by atoms with E-state index in [1.54, 1.807) is 0 Å². The minimum atomic E-state index is -0.214. The maximum Gasteiger partial charge on any atom is 0.269 e. The molecule has 0 unspecified atom stereocenters. The standard InChI is InChI=1S/C14H12BrN3OS2/c1-6-7(2)20-14(17-6)18-13(19)12-11(16)10-8(15)4-3-5-9(10)21-12/h3-5H,16H2,1-2H3,(H,17,18,19). The number of nitrogens with two attached hydrogens (primary N) is 1. The van der Waals surface area contributed by atoms with Crippen LogP contribution < -0.4 is 11.1 Å². The third kappa shape index (κ3) is 2.56. The molecule has 0 saturated carbocycles. The molecule has 0 atom stereocenters. The number of nitrogens with one attached hydrogen (secondary N) is 1. The van der Waals surface area contributed by atoms with E-state index in [1.165, 1.54) is 22.7 Å². The van der Waals surface area contributed by atoms with Gasteiger partial charge in [0.15, 0.2) is 5.13 Å². The predicted molar refractivity (Wildman–Crippen MR) is 93.5 cm³/mol. The number of fused-ring (bicyclic) bond motifs is 1. The van der Waals surface area contributed by atoms with Gasteiger partial charge >= 0.3 is 0 Å². The molecular weight excluding hydrogens is 370 g/mol. The van der Waals surface area contributed by atoms with Crippen molar-refractivity contribution in [3.63, 3.8) is 0 Å². The van der Waals surface area contributed by atoms with Gasteiger partial charge in [-0.15, -0.1) is 22.7 Å². The zero-order valence-electron chi connectivity index (χ0n) is 11.4. The third-order valence-corrected chi connectivity index (χ3v) is 5.98. The van der Waals surface area contributed by atoms with Gasteiger partial charge in [0, 0.05) is 19.4 Å². The number of aromatic nitrogens is 1. The number of carbonyl (C=O) groups is 1. The van der Waals surface area contributed by atoms with Crippen LogP contribution in [0, 0.1) is 13.8 Å². The summed E-state index contributed by atoms with van der Waals surface area (Å²) < 4.78 is 1.88. The summed E-state index contributed by atoms with van der Waals surface area (Å²) in [5.74, 6) is -0.214. The summed E-state index contributed by atoms with van der Waals surface area (Å²) in [7, 11) is 0. The SMILES string of the molecule is Cc1nc(NC(=O)c2sc3cccc(Br)c3c2N)sc1C. The third-order valence-electron chi connectivity index (χ3n) is 3.16. The number of thiophene rings is 1. The van der Waals surface area contributed by atoms with Crippen molar-refractivity contribution in [3.8, 4) is 0 Å². The minimum absolute atomic E-state index is 0.214. The van der Waals surface area contributed by atoms with Gasteiger partial charge < -0.3 is 5.73 Å². The highest BCUT2D eigenvalue weighted by atomic mass is 79.9. The fourth-order valence-electron chi connectivity index (χ4n) is 1.98. The number of hydrogen-bond donors (Lipinski definition) is 2. The molecule has 108 valence electrons. The first-order chi connectivity index (χ1) is 9.97. The molecule has 1 amide bonds. The maximum absolute atomic E-state index is 12.4. The fourth-order valence-corrected chi connectivity index (χ4v) is 4.54. The molecule has 0 spiro atoms. The lowest BCUT2D eigenvalue weighted by atomic mass is 10.2. The van der Waals surface area contributed by atoms with Gasteiger partial charge in [0.05, 0.1) is 11.4 Å². The zero-order valence-corrected chi connectivity index (χ0v) is 14.6. The Labute approximate surface area is 138 Å². The summed E-state index contributed by atoms with van der Waals surface area (Å²) >= 11 is 6.33. The molecule has 2 heterocycles. The highest BCUT2D eigenvalue weighted by Gasteiger charge is 2.19. The summed E-state index contributed by atoms with van der Waals surface area (Å²) in [4.78, 5) is 18.3. The summed E-state index contributed by atoms with van der Waals surface area (Å²) in [6.07, 6.45) is 0. The van der Waals surface area contributed by atoms with Gasteiger partial charge in [0.2, 0.25) is 0 Å². The van der Waals surface area contributed by atoms with Crippen molar-refractivity contribution in [2.24, 2.45) is 0 Å². The molecule has 0 aliphatic heterocycles. The van der Waals surface area contributed by atoms with Crippen LogP contribution in [0.5, 0.6) is 0 Å². The number of aryl methyl sites for hydroxylation is 2. The molecule has 0 saturated heterocycles. The first kappa shape index (κ1) is 14.5. The van der Waals surface area contributed by atoms with Crippen LogP contribution in [-0.2, 0) is 0 Å². The molecule has 0 aliphatic rings. The Morgan fingerprint density at radius 1 is 1.33 bits per heavy atom. The number of amides is 1. The molecule has 2 aromatic heterocycles. The van der Waals surface area contributed by atoms with E-state index >= 15 is 0 Å². The molecule has 3 N–H and O–H groups in total. The van der Waals surface area contributed by atoms with Crippen LogP contribution in [0.4, 0.5) is 10.8 Å². The maximum atomic E-state index is 12.4. The van der Waals surface area contributed by atoms with Crippen LogP contribution in [0.2, 0.25) is 0 Å². The van der Waals surface area contributed by atoms with Crippen LogP contribution in [0.3, 0.4) is 0 Å². The van der Waals surface area contributed by atoms with Crippen molar-refractivity contribution in [1.29, 1.82) is 0 Å². The predicted octanol–water partition coefficient (Wildman–Crippen LogP) is 4.57. The quantitative estimate of drug-likeness (QED) is 0.682. The lowest BCUT2D eigenvalue weighted by Crippen LogP contribution is -2.11. The molecule has 1 aromatic carbocycles. The highest BCUT2D eigenvalue weighted by molar-refractivity contribution is 9.10. The fraction of sp³-hybridized carbons (Fsp3) is 0.143. The van der Waals surface area contributed by atoms with E-state index in [9.17, 15) is 4.79 Å². The lowest BCUT2D eigenvalue weighted by molar-refractivity contribution is 0.103. The zero-order chi connectivity index (χ0) is 15.1. The number of nitrogen functional groups attached to an aromatic ring is 1. The molecular formula is C14H12BrN3OS2. The van der Waals surface area contributed by atoms with Crippen molar-refractivity contribution in [3.05, 3.63) is 38.1 Å². The number of hydrogen-bond acceptors (Lipinski definition) is 5. The van der Waals surface area contributed by atoms with Crippen molar-refractivity contribution >= 4 is 65.4 Å². The molecule has 0 fully saturated rings. The normalized spacial score (nSPS) is 11.0. The number of halogens is 1. The van der Waals surface area contributed by atoms with Crippen molar-refractivity contribution in [1.82, 2.24) is 4.98 Å². The summed E-state index contributed by atoms with van der Waals surface area (Å²) in [5, 5.41) is 4.32. The average molecular weight is 382 g/mol. The van der Waals surface area contributed by atoms with Gasteiger partial charge in [-0.25, -0.2) is 4.98 Å². The van der Waals surface area contributed by atoms with E-state index < -0.39 is 0 Å². The number of benzene rings is 1. The summed E-state index contributed by atoms with van der Waals surface area (Å²) in [6, 6.07) is 5.80. The largest absolute Gasteiger partial charge is 0.397 e. The van der Waals surface area contributed by atoms with E-state index in [1.807, 2.05) is 32.0 Å². The first-order valence-corrected chi connectivity index (χ1v) is 8.62. The van der Waals surface area contributed by atoms with Crippen LogP contribution in [0.25, 0.3) is 10.1 Å². The molecule has 4 nitrogen and oxygen atoms in total. The van der Waals surface area contributed by atoms with Gasteiger partial charge in [-0.05, 0) is 26.0 Å². The van der Waals surface area contributed by atoms with Crippen molar-refractivity contribution in [2.75, 3.05) is 11.1 Å². The molecule has 3 aromatic rings. The van der Waals surface area contributed by atoms with Gasteiger partial charge in [0.25, 0.3) is 5.91 Å². The summed E-state index contributed by atoms with van der Waals surface area (Å²) in [5.41, 5.74) is 7.57. The van der Waals surface area contributed by atoms with Gasteiger partial charge in [0.1, 0.15) is 4.88 Å². The molecule has 0 radical (unpaired) electrons. The minimum Gasteiger partial charge on any atom is -0.397 e. The highest BCUT2D eigenvalue weighted by Crippen LogP contribution is 2.38. The van der Waals surface area contributed by atoms with Crippen LogP contribution in [-0.4, -0.2) is 10.9 Å². The number of thiazole rings is 1. The van der Waals surface area contributed by atoms with Crippen molar-refractivity contribution < 1.29 is 4.79 Å². The monoisotopic (exact) mass is 381 g/mol. The second-order valence-electron chi connectivity index (χ2n) is 4.57. The Morgan fingerprint density at radius 3 is 2.71 bits per heavy atom. The number of rotatable bonds is 2. The van der Waals surface area contributed by atoms with Gasteiger partial charge in [-0.3, -0.25) is 10.1 Å². The van der Waals surface area contributed by atoms with Crippen LogP contribution in [0.15, 0.2) is 22.7 Å². The van der Waals surface area contributed by atoms with Crippen molar-refractivity contribution in [2.45, 2.75) is 13.8 Å². The number of nitrogens with zero attached hydrogens (tertiary/aromatic N) is 1. The molecule has 0 aliphatic carbocycles. The Hall–Kier alpha value is -1.44. The number of anilines is 2. The Balaban J connectivity index is 1.98. The van der Waals surface area contributed by atoms with E-state index in [0.717, 1.165) is 25.1 Å². The number of carbonyl (C=O) groups excluding carboxylic acids is 1. The smallest absolute Gasteiger partial charge is 0.269 e. The van der Waals surface area contributed by atoms with E-state index in [-0.39, 0.29) is 5.91 Å². The Kier molecular flexibility index (Phi) is 3.73. The summed E-state index contributed by atoms with van der Waals surface area (Å²) in [6.45, 7) is 3.90. The second-order valence-corrected chi connectivity index (χ2v) is 7.68. The van der Waals surface area contributed by atoms with Gasteiger partial charge in [-0.2, -0.15) is 0 Å². The van der Waals surface area contributed by atoms with E-state index in [2.05, 4.69) is 26.2 Å². The average Bonchev–Trinajstić information content (AvgIpc) is 2.92. The van der Waals surface area contributed by atoms with Crippen LogP contribution >= 0.6 is 38.6 Å². The van der Waals surface area contributed by atoms with E-state index in [4.69, 9.17) is 5.73 Å². The first-order valence-electron chi connectivity index (χ1n) is 6.19. The Morgan fingerprint density at radius 2 is 2.10 bits per heavy atom. The topological polar surface area (TPSA) is 68.0 Å². The van der Waals surface area contributed by atoms with E-state index in [0.29, 0.717) is 15.7 Å². The molecule has 21 heavy (non-hydrogen) atoms. The second kappa shape index (κ2) is 5.40.